The number of rotatable bonds is 8. The maximum atomic E-state index is 12.9. The summed E-state index contributed by atoms with van der Waals surface area (Å²) in [4.78, 5) is 12.9. The van der Waals surface area contributed by atoms with E-state index in [9.17, 15) is 4.79 Å². The molecule has 0 unspecified atom stereocenters. The maximum Gasteiger partial charge on any atom is 0.251 e. The minimum Gasteiger partial charge on any atom is -0.457 e. The zero-order valence-electron chi connectivity index (χ0n) is 20.7. The largest absolute Gasteiger partial charge is 0.457 e. The summed E-state index contributed by atoms with van der Waals surface area (Å²) < 4.78 is 6.14. The Morgan fingerprint density at radius 1 is 1.00 bits per heavy atom. The van der Waals surface area contributed by atoms with Crippen molar-refractivity contribution in [3.63, 3.8) is 0 Å². The van der Waals surface area contributed by atoms with E-state index in [1.807, 2.05) is 55.6 Å². The van der Waals surface area contributed by atoms with Crippen molar-refractivity contribution in [3.05, 3.63) is 77.4 Å². The van der Waals surface area contributed by atoms with E-state index in [0.717, 1.165) is 71.6 Å². The molecule has 0 aliphatic carbocycles. The van der Waals surface area contributed by atoms with E-state index in [1.165, 1.54) is 0 Å². The predicted molar refractivity (Wildman–Crippen MR) is 143 cm³/mol. The topological polar surface area (TPSA) is 86.2 Å². The number of piperidine rings is 1. The third kappa shape index (κ3) is 5.89. The molecule has 0 aromatic heterocycles. The van der Waals surface area contributed by atoms with Crippen LogP contribution in [0.15, 0.2) is 60.7 Å². The summed E-state index contributed by atoms with van der Waals surface area (Å²) in [5.74, 6) is 1.45. The first kappa shape index (κ1) is 24.5. The van der Waals surface area contributed by atoms with Gasteiger partial charge in [0.05, 0.1) is 0 Å². The number of amides is 1. The van der Waals surface area contributed by atoms with Crippen LogP contribution in [0.4, 0.5) is 5.69 Å². The van der Waals surface area contributed by atoms with Gasteiger partial charge in [0, 0.05) is 41.7 Å². The zero-order valence-corrected chi connectivity index (χ0v) is 20.7. The fourth-order valence-electron chi connectivity index (χ4n) is 4.51. The average Bonchev–Trinajstić information content (AvgIpc) is 2.88. The van der Waals surface area contributed by atoms with Gasteiger partial charge in [0.1, 0.15) is 11.5 Å². The fraction of sp³-hybridized carbons (Fsp3) is 0.310. The second-order valence-corrected chi connectivity index (χ2v) is 8.94. The van der Waals surface area contributed by atoms with Crippen LogP contribution < -0.4 is 20.7 Å². The van der Waals surface area contributed by atoms with Crippen LogP contribution in [0.25, 0.3) is 11.1 Å². The molecule has 3 aromatic rings. The molecule has 0 spiro atoms. The Kier molecular flexibility index (Phi) is 7.83. The highest BCUT2D eigenvalue weighted by molar-refractivity contribution is 6.01. The van der Waals surface area contributed by atoms with Gasteiger partial charge < -0.3 is 26.1 Å². The van der Waals surface area contributed by atoms with Crippen molar-refractivity contribution in [2.75, 3.05) is 25.5 Å². The van der Waals surface area contributed by atoms with Gasteiger partial charge >= 0.3 is 0 Å². The second-order valence-electron chi connectivity index (χ2n) is 8.94. The van der Waals surface area contributed by atoms with Crippen molar-refractivity contribution in [1.82, 2.24) is 10.6 Å². The van der Waals surface area contributed by atoms with Crippen LogP contribution >= 0.6 is 0 Å². The lowest BCUT2D eigenvalue weighted by molar-refractivity contribution is 0.0928. The summed E-state index contributed by atoms with van der Waals surface area (Å²) >= 11 is 0. The van der Waals surface area contributed by atoms with E-state index >= 15 is 0 Å². The molecule has 6 nitrogen and oxygen atoms in total. The smallest absolute Gasteiger partial charge is 0.251 e. The molecule has 0 atom stereocenters. The molecule has 1 amide bonds. The van der Waals surface area contributed by atoms with Crippen LogP contribution in [0.1, 0.15) is 48.2 Å². The molecule has 0 radical (unpaired) electrons. The van der Waals surface area contributed by atoms with Crippen molar-refractivity contribution in [2.24, 2.45) is 0 Å². The molecule has 4 rings (SSSR count). The van der Waals surface area contributed by atoms with E-state index in [1.54, 1.807) is 6.92 Å². The third-order valence-electron chi connectivity index (χ3n) is 6.47. The molecular formula is C29H34N4O2. The normalized spacial score (nSPS) is 13.8. The van der Waals surface area contributed by atoms with Crippen LogP contribution in [0.2, 0.25) is 0 Å². The van der Waals surface area contributed by atoms with Gasteiger partial charge in [-0.05, 0) is 86.3 Å². The second kappa shape index (κ2) is 11.2. The first-order chi connectivity index (χ1) is 17.0. The van der Waals surface area contributed by atoms with Gasteiger partial charge in [-0.1, -0.05) is 31.2 Å². The van der Waals surface area contributed by atoms with E-state index in [-0.39, 0.29) is 11.9 Å². The van der Waals surface area contributed by atoms with Crippen molar-refractivity contribution in [2.45, 2.75) is 39.2 Å². The number of hydrogen-bond acceptors (Lipinski definition) is 5. The van der Waals surface area contributed by atoms with Gasteiger partial charge in [-0.2, -0.15) is 0 Å². The number of hydrogen-bond donors (Lipinski definition) is 4. The average molecular weight is 471 g/mol. The quantitative estimate of drug-likeness (QED) is 0.322. The van der Waals surface area contributed by atoms with Gasteiger partial charge in [-0.15, -0.1) is 0 Å². The summed E-state index contributed by atoms with van der Waals surface area (Å²) in [6.45, 7) is 5.75. The lowest BCUT2D eigenvalue weighted by atomic mass is 9.96. The number of carbonyl (C=O) groups is 1. The maximum absolute atomic E-state index is 12.9. The molecule has 1 aliphatic rings. The molecule has 1 fully saturated rings. The van der Waals surface area contributed by atoms with Gasteiger partial charge in [0.2, 0.25) is 0 Å². The highest BCUT2D eigenvalue weighted by Gasteiger charge is 2.18. The van der Waals surface area contributed by atoms with Crippen LogP contribution in [0.5, 0.6) is 11.5 Å². The molecule has 1 heterocycles. The molecule has 0 saturated carbocycles. The minimum absolute atomic E-state index is 0.0151. The van der Waals surface area contributed by atoms with Crippen LogP contribution in [0.3, 0.4) is 0 Å². The minimum atomic E-state index is 0.0151. The predicted octanol–water partition coefficient (Wildman–Crippen LogP) is 5.62. The Morgan fingerprint density at radius 3 is 2.43 bits per heavy atom. The van der Waals surface area contributed by atoms with Crippen molar-refractivity contribution >= 4 is 17.3 Å². The Labute approximate surface area is 207 Å². The number of anilines is 1. The molecule has 0 bridgehead atoms. The molecule has 4 N–H and O–H groups in total. The highest BCUT2D eigenvalue weighted by Crippen LogP contribution is 2.31. The van der Waals surface area contributed by atoms with Crippen molar-refractivity contribution in [1.29, 1.82) is 5.41 Å². The third-order valence-corrected chi connectivity index (χ3v) is 6.47. The first-order valence-corrected chi connectivity index (χ1v) is 12.3. The molecule has 6 heteroatoms. The highest BCUT2D eigenvalue weighted by atomic mass is 16.5. The Morgan fingerprint density at radius 2 is 1.71 bits per heavy atom. The van der Waals surface area contributed by atoms with Gasteiger partial charge in [-0.25, -0.2) is 0 Å². The zero-order chi connectivity index (χ0) is 24.8. The van der Waals surface area contributed by atoms with Gasteiger partial charge in [0.15, 0.2) is 0 Å². The summed E-state index contributed by atoms with van der Waals surface area (Å²) in [7, 11) is 1.84. The van der Waals surface area contributed by atoms with Crippen LogP contribution in [-0.2, 0) is 6.42 Å². The Balaban J connectivity index is 1.53. The fourth-order valence-corrected chi connectivity index (χ4v) is 4.51. The van der Waals surface area contributed by atoms with E-state index in [4.69, 9.17) is 10.1 Å². The van der Waals surface area contributed by atoms with E-state index in [2.05, 4.69) is 35.0 Å². The summed E-state index contributed by atoms with van der Waals surface area (Å²) in [5.41, 5.74) is 6.09. The molecule has 3 aromatic carbocycles. The monoisotopic (exact) mass is 470 g/mol. The number of benzene rings is 3. The molecule has 182 valence electrons. The summed E-state index contributed by atoms with van der Waals surface area (Å²) in [6.07, 6.45) is 2.72. The van der Waals surface area contributed by atoms with Crippen molar-refractivity contribution in [3.8, 4) is 22.6 Å². The van der Waals surface area contributed by atoms with Gasteiger partial charge in [0.25, 0.3) is 5.91 Å². The lowest BCUT2D eigenvalue weighted by Gasteiger charge is -2.24. The van der Waals surface area contributed by atoms with Gasteiger partial charge in [-0.3, -0.25) is 4.79 Å². The number of carbonyl (C=O) groups excluding carboxylic acids is 1. The first-order valence-electron chi connectivity index (χ1n) is 12.3. The number of ether oxygens (including phenoxy) is 1. The van der Waals surface area contributed by atoms with E-state index < -0.39 is 0 Å². The standard InChI is InChI=1S/C29H34N4O2/c1-4-20-16-22(8-10-27(20)29(34)33-23-12-14-32-15-13-23)21-6-5-7-24(17-21)35-25-9-11-26(19(2)30)28(18-25)31-3/h5-11,16-18,23,30-32H,4,12-15H2,1-3H3,(H,33,34). The van der Waals surface area contributed by atoms with Crippen molar-refractivity contribution < 1.29 is 9.53 Å². The SMILES string of the molecule is CCc1cc(-c2cccc(Oc3ccc(C(C)=N)c(NC)c3)c2)ccc1C(=O)NC1CCNCC1. The summed E-state index contributed by atoms with van der Waals surface area (Å²) in [5, 5.41) is 17.6. The Bertz CT molecular complexity index is 1220. The molecule has 35 heavy (non-hydrogen) atoms. The number of aryl methyl sites for hydroxylation is 1. The molecule has 1 saturated heterocycles. The number of nitrogens with one attached hydrogen (secondary N) is 4. The van der Waals surface area contributed by atoms with E-state index in [0.29, 0.717) is 11.5 Å². The van der Waals surface area contributed by atoms with Crippen LogP contribution in [-0.4, -0.2) is 37.8 Å². The molecule has 1 aliphatic heterocycles. The lowest BCUT2D eigenvalue weighted by Crippen LogP contribution is -2.42. The molecular weight excluding hydrogens is 436 g/mol. The summed E-state index contributed by atoms with van der Waals surface area (Å²) in [6, 6.07) is 20.0. The Hall–Kier alpha value is -3.64. The van der Waals surface area contributed by atoms with Crippen LogP contribution in [0, 0.1) is 5.41 Å².